The van der Waals surface area contributed by atoms with E-state index >= 15 is 0 Å². The molecule has 1 aromatic heterocycles. The number of anilines is 2. The molecule has 0 aliphatic carbocycles. The van der Waals surface area contributed by atoms with Crippen molar-refractivity contribution in [3.05, 3.63) is 47.5 Å². The van der Waals surface area contributed by atoms with Gasteiger partial charge < -0.3 is 19.1 Å². The zero-order valence-electron chi connectivity index (χ0n) is 19.8. The molecule has 2 saturated heterocycles. The first-order valence-electron chi connectivity index (χ1n) is 11.9. The van der Waals surface area contributed by atoms with E-state index in [0.717, 1.165) is 76.2 Å². The lowest BCUT2D eigenvalue weighted by Gasteiger charge is -2.30. The molecular weight excluding hydrogens is 418 g/mol. The van der Waals surface area contributed by atoms with Gasteiger partial charge in [-0.2, -0.15) is 10.1 Å². The third kappa shape index (κ3) is 6.90. The van der Waals surface area contributed by atoms with E-state index in [-0.39, 0.29) is 0 Å². The van der Waals surface area contributed by atoms with Crippen molar-refractivity contribution in [1.82, 2.24) is 9.88 Å². The van der Waals surface area contributed by atoms with Gasteiger partial charge in [0.1, 0.15) is 6.61 Å². The highest BCUT2D eigenvalue weighted by Crippen LogP contribution is 2.27. The monoisotopic (exact) mass is 453 g/mol. The molecule has 2 aliphatic heterocycles. The summed E-state index contributed by atoms with van der Waals surface area (Å²) >= 11 is 0. The van der Waals surface area contributed by atoms with Crippen molar-refractivity contribution in [2.24, 2.45) is 5.10 Å². The molecule has 2 aromatic rings. The van der Waals surface area contributed by atoms with Crippen LogP contribution in [0.15, 0.2) is 41.5 Å². The van der Waals surface area contributed by atoms with Crippen molar-refractivity contribution < 1.29 is 14.2 Å². The maximum atomic E-state index is 6.12. The van der Waals surface area contributed by atoms with Gasteiger partial charge in [0.15, 0.2) is 5.82 Å². The lowest BCUT2D eigenvalue weighted by molar-refractivity contribution is 0.0320. The molecule has 4 rings (SSSR count). The van der Waals surface area contributed by atoms with Gasteiger partial charge in [-0.15, -0.1) is 0 Å². The number of aromatic nitrogens is 1. The van der Waals surface area contributed by atoms with Crippen LogP contribution in [0.4, 0.5) is 11.5 Å². The Morgan fingerprint density at radius 1 is 1.06 bits per heavy atom. The molecule has 0 N–H and O–H groups in total. The van der Waals surface area contributed by atoms with Crippen LogP contribution in [0.3, 0.4) is 0 Å². The Hall–Kier alpha value is -2.68. The number of morpholine rings is 2. The SMILES string of the molecule is CCN(/N=C/c1cccc(C)c1)c1cc(N2CCOCC2)cc(OCCN2CCOCC2)n1. The molecule has 8 heteroatoms. The second-order valence-electron chi connectivity index (χ2n) is 8.30. The molecule has 1 aromatic carbocycles. The van der Waals surface area contributed by atoms with Gasteiger partial charge in [0.25, 0.3) is 0 Å². The van der Waals surface area contributed by atoms with Crippen LogP contribution in [0.25, 0.3) is 0 Å². The number of pyridine rings is 1. The Balaban J connectivity index is 1.51. The third-order valence-corrected chi connectivity index (χ3v) is 5.86. The van der Waals surface area contributed by atoms with Gasteiger partial charge in [-0.1, -0.05) is 29.8 Å². The molecule has 0 unspecified atom stereocenters. The van der Waals surface area contributed by atoms with Crippen LogP contribution < -0.4 is 14.6 Å². The predicted molar refractivity (Wildman–Crippen MR) is 132 cm³/mol. The molecule has 0 radical (unpaired) electrons. The van der Waals surface area contributed by atoms with Crippen molar-refractivity contribution in [1.29, 1.82) is 0 Å². The number of hydrogen-bond acceptors (Lipinski definition) is 8. The lowest BCUT2D eigenvalue weighted by atomic mass is 10.2. The molecule has 0 bridgehead atoms. The van der Waals surface area contributed by atoms with E-state index in [0.29, 0.717) is 19.0 Å². The summed E-state index contributed by atoms with van der Waals surface area (Å²) in [5.74, 6) is 1.42. The minimum atomic E-state index is 0.595. The number of nitrogens with zero attached hydrogens (tertiary/aromatic N) is 5. The van der Waals surface area contributed by atoms with Crippen molar-refractivity contribution in [3.63, 3.8) is 0 Å². The van der Waals surface area contributed by atoms with E-state index in [9.17, 15) is 0 Å². The van der Waals surface area contributed by atoms with Crippen LogP contribution in [-0.4, -0.2) is 88.4 Å². The van der Waals surface area contributed by atoms with Gasteiger partial charge in [0.2, 0.25) is 5.88 Å². The zero-order valence-corrected chi connectivity index (χ0v) is 19.8. The topological polar surface area (TPSA) is 62.7 Å². The number of rotatable bonds is 9. The lowest BCUT2D eigenvalue weighted by Crippen LogP contribution is -2.38. The van der Waals surface area contributed by atoms with E-state index in [2.05, 4.69) is 47.9 Å². The number of hydrazone groups is 1. The summed E-state index contributed by atoms with van der Waals surface area (Å²) < 4.78 is 17.1. The van der Waals surface area contributed by atoms with E-state index < -0.39 is 0 Å². The van der Waals surface area contributed by atoms with Crippen LogP contribution in [0.1, 0.15) is 18.1 Å². The fraction of sp³-hybridized carbons (Fsp3) is 0.520. The van der Waals surface area contributed by atoms with Crippen LogP contribution in [0.5, 0.6) is 5.88 Å². The number of ether oxygens (including phenoxy) is 3. The van der Waals surface area contributed by atoms with Gasteiger partial charge in [0, 0.05) is 57.1 Å². The minimum Gasteiger partial charge on any atom is -0.476 e. The van der Waals surface area contributed by atoms with Gasteiger partial charge >= 0.3 is 0 Å². The molecule has 3 heterocycles. The van der Waals surface area contributed by atoms with E-state index in [1.165, 1.54) is 5.56 Å². The summed E-state index contributed by atoms with van der Waals surface area (Å²) in [5.41, 5.74) is 3.37. The average Bonchev–Trinajstić information content (AvgIpc) is 2.86. The van der Waals surface area contributed by atoms with E-state index in [1.54, 1.807) is 0 Å². The molecule has 178 valence electrons. The van der Waals surface area contributed by atoms with Crippen molar-refractivity contribution in [3.8, 4) is 5.88 Å². The Kier molecular flexibility index (Phi) is 8.52. The summed E-state index contributed by atoms with van der Waals surface area (Å²) in [6.07, 6.45) is 1.89. The molecule has 8 nitrogen and oxygen atoms in total. The highest BCUT2D eigenvalue weighted by atomic mass is 16.5. The van der Waals surface area contributed by atoms with Crippen LogP contribution in [0.2, 0.25) is 0 Å². The molecular formula is C25H35N5O3. The van der Waals surface area contributed by atoms with Crippen molar-refractivity contribution >= 4 is 17.7 Å². The first kappa shape index (κ1) is 23.5. The summed E-state index contributed by atoms with van der Waals surface area (Å²) in [6.45, 7) is 13.0. The minimum absolute atomic E-state index is 0.595. The fourth-order valence-electron chi connectivity index (χ4n) is 3.98. The second-order valence-corrected chi connectivity index (χ2v) is 8.30. The standard InChI is InChI=1S/C25H35N5O3/c1-3-30(26-20-22-6-4-5-21(2)17-22)24-18-23(29-10-14-32-15-11-29)19-25(27-24)33-16-9-28-7-12-31-13-8-28/h4-6,17-20H,3,7-16H2,1-2H3/b26-20+. The molecule has 33 heavy (non-hydrogen) atoms. The smallest absolute Gasteiger partial charge is 0.217 e. The molecule has 0 spiro atoms. The van der Waals surface area contributed by atoms with Gasteiger partial charge in [-0.25, -0.2) is 5.01 Å². The molecule has 0 atom stereocenters. The first-order valence-corrected chi connectivity index (χ1v) is 11.9. The fourth-order valence-corrected chi connectivity index (χ4v) is 3.98. The molecule has 0 saturated carbocycles. The van der Waals surface area contributed by atoms with E-state index in [1.807, 2.05) is 23.4 Å². The third-order valence-electron chi connectivity index (χ3n) is 5.86. The zero-order chi connectivity index (χ0) is 22.9. The number of aryl methyl sites for hydroxylation is 1. The van der Waals surface area contributed by atoms with Crippen LogP contribution >= 0.6 is 0 Å². The van der Waals surface area contributed by atoms with Gasteiger partial charge in [-0.05, 0) is 19.4 Å². The summed E-state index contributed by atoms with van der Waals surface area (Å²) in [6, 6.07) is 12.4. The Bertz CT molecular complexity index is 911. The number of hydrogen-bond donors (Lipinski definition) is 0. The maximum Gasteiger partial charge on any atom is 0.217 e. The first-order chi connectivity index (χ1) is 16.2. The number of benzene rings is 1. The quantitative estimate of drug-likeness (QED) is 0.427. The van der Waals surface area contributed by atoms with Crippen LogP contribution in [0, 0.1) is 6.92 Å². The highest BCUT2D eigenvalue weighted by Gasteiger charge is 2.17. The molecule has 0 amide bonds. The molecule has 2 aliphatic rings. The van der Waals surface area contributed by atoms with Gasteiger partial charge in [-0.3, -0.25) is 4.90 Å². The largest absolute Gasteiger partial charge is 0.476 e. The Labute approximate surface area is 196 Å². The summed E-state index contributed by atoms with van der Waals surface area (Å²) in [7, 11) is 0. The average molecular weight is 454 g/mol. The molecule has 2 fully saturated rings. The Morgan fingerprint density at radius 3 is 2.55 bits per heavy atom. The maximum absolute atomic E-state index is 6.12. The predicted octanol–water partition coefficient (Wildman–Crippen LogP) is 2.80. The van der Waals surface area contributed by atoms with Gasteiger partial charge in [0.05, 0.1) is 32.6 Å². The Morgan fingerprint density at radius 2 is 1.82 bits per heavy atom. The normalized spacial score (nSPS) is 17.5. The summed E-state index contributed by atoms with van der Waals surface area (Å²) in [5, 5.41) is 6.65. The van der Waals surface area contributed by atoms with Crippen molar-refractivity contribution in [2.45, 2.75) is 13.8 Å². The van der Waals surface area contributed by atoms with Crippen LogP contribution in [-0.2, 0) is 9.47 Å². The second kappa shape index (κ2) is 12.0. The van der Waals surface area contributed by atoms with Crippen molar-refractivity contribution in [2.75, 3.05) is 82.2 Å². The van der Waals surface area contributed by atoms with E-state index in [4.69, 9.17) is 24.3 Å². The summed E-state index contributed by atoms with van der Waals surface area (Å²) in [4.78, 5) is 9.48. The highest BCUT2D eigenvalue weighted by molar-refractivity contribution is 5.80.